The first-order valence-electron chi connectivity index (χ1n) is 5.91. The number of ether oxygens (including phenoxy) is 1. The van der Waals surface area contributed by atoms with Crippen LogP contribution in [0.25, 0.3) is 11.1 Å². The summed E-state index contributed by atoms with van der Waals surface area (Å²) in [4.78, 5) is 0. The topological polar surface area (TPSA) is 9.23 Å². The summed E-state index contributed by atoms with van der Waals surface area (Å²) < 4.78 is 19.1. The standard InChI is InChI=1S/C15H12ClFO/c16-12-5-6-14(17)13(9-12)10-1-3-11(4-2-10)15-7-8-18-15/h1-6,9,15H,7-8H2. The van der Waals surface area contributed by atoms with Crippen molar-refractivity contribution in [3.63, 3.8) is 0 Å². The minimum atomic E-state index is -0.257. The van der Waals surface area contributed by atoms with Crippen molar-refractivity contribution >= 4 is 11.6 Å². The third-order valence-electron chi connectivity index (χ3n) is 3.22. The fraction of sp³-hybridized carbons (Fsp3) is 0.200. The van der Waals surface area contributed by atoms with Gasteiger partial charge in [-0.2, -0.15) is 0 Å². The summed E-state index contributed by atoms with van der Waals surface area (Å²) in [6.45, 7) is 0.829. The molecule has 1 heterocycles. The second-order valence-electron chi connectivity index (χ2n) is 4.39. The molecule has 1 atom stereocenters. The van der Waals surface area contributed by atoms with Crippen LogP contribution in [0.3, 0.4) is 0 Å². The minimum absolute atomic E-state index is 0.211. The molecule has 0 aromatic heterocycles. The molecule has 0 radical (unpaired) electrons. The summed E-state index contributed by atoms with van der Waals surface area (Å²) >= 11 is 5.89. The van der Waals surface area contributed by atoms with Crippen LogP contribution >= 0.6 is 11.6 Å². The van der Waals surface area contributed by atoms with Crippen LogP contribution in [0.1, 0.15) is 18.1 Å². The summed E-state index contributed by atoms with van der Waals surface area (Å²) in [7, 11) is 0. The van der Waals surface area contributed by atoms with Crippen molar-refractivity contribution in [3.05, 3.63) is 58.9 Å². The minimum Gasteiger partial charge on any atom is -0.373 e. The number of halogens is 2. The van der Waals surface area contributed by atoms with E-state index in [9.17, 15) is 4.39 Å². The molecule has 2 aromatic carbocycles. The fourth-order valence-corrected chi connectivity index (χ4v) is 2.27. The molecule has 1 unspecified atom stereocenters. The Balaban J connectivity index is 1.94. The lowest BCUT2D eigenvalue weighted by Gasteiger charge is -2.26. The van der Waals surface area contributed by atoms with Crippen LogP contribution in [-0.4, -0.2) is 6.61 Å². The molecule has 0 saturated carbocycles. The zero-order chi connectivity index (χ0) is 12.5. The van der Waals surface area contributed by atoms with Gasteiger partial charge in [0, 0.05) is 17.0 Å². The van der Waals surface area contributed by atoms with Gasteiger partial charge in [-0.15, -0.1) is 0 Å². The molecule has 0 spiro atoms. The van der Waals surface area contributed by atoms with E-state index in [-0.39, 0.29) is 11.9 Å². The molecule has 92 valence electrons. The van der Waals surface area contributed by atoms with Crippen molar-refractivity contribution in [2.45, 2.75) is 12.5 Å². The maximum absolute atomic E-state index is 13.7. The van der Waals surface area contributed by atoms with E-state index in [1.165, 1.54) is 6.07 Å². The lowest BCUT2D eigenvalue weighted by molar-refractivity contribution is -0.0527. The molecule has 1 saturated heterocycles. The van der Waals surface area contributed by atoms with Crippen LogP contribution < -0.4 is 0 Å². The van der Waals surface area contributed by atoms with Gasteiger partial charge >= 0.3 is 0 Å². The van der Waals surface area contributed by atoms with Crippen LogP contribution in [0, 0.1) is 5.82 Å². The second-order valence-corrected chi connectivity index (χ2v) is 4.83. The third-order valence-corrected chi connectivity index (χ3v) is 3.46. The van der Waals surface area contributed by atoms with E-state index in [4.69, 9.17) is 16.3 Å². The first-order valence-corrected chi connectivity index (χ1v) is 6.29. The van der Waals surface area contributed by atoms with Crippen molar-refractivity contribution in [2.75, 3.05) is 6.61 Å². The number of rotatable bonds is 2. The Bertz CT molecular complexity index is 561. The quantitative estimate of drug-likeness (QED) is 0.768. The van der Waals surface area contributed by atoms with E-state index >= 15 is 0 Å². The highest BCUT2D eigenvalue weighted by Crippen LogP contribution is 2.32. The Kier molecular flexibility index (Phi) is 3.06. The molecule has 2 aromatic rings. The monoisotopic (exact) mass is 262 g/mol. The second kappa shape index (κ2) is 4.71. The van der Waals surface area contributed by atoms with Gasteiger partial charge in [0.05, 0.1) is 12.7 Å². The summed E-state index contributed by atoms with van der Waals surface area (Å²) in [6, 6.07) is 12.4. The molecule has 3 rings (SSSR count). The summed E-state index contributed by atoms with van der Waals surface area (Å²) in [5.41, 5.74) is 2.51. The van der Waals surface area contributed by atoms with E-state index in [1.807, 2.05) is 24.3 Å². The predicted molar refractivity (Wildman–Crippen MR) is 70.2 cm³/mol. The highest BCUT2D eigenvalue weighted by Gasteiger charge is 2.19. The van der Waals surface area contributed by atoms with Gasteiger partial charge in [-0.1, -0.05) is 35.9 Å². The van der Waals surface area contributed by atoms with Gasteiger partial charge in [0.15, 0.2) is 0 Å². The highest BCUT2D eigenvalue weighted by molar-refractivity contribution is 6.30. The first kappa shape index (κ1) is 11.7. The average Bonchev–Trinajstić information content (AvgIpc) is 2.31. The molecule has 1 nitrogen and oxygen atoms in total. The molecule has 1 aliphatic rings. The molecule has 0 aliphatic carbocycles. The Morgan fingerprint density at radius 1 is 1.11 bits per heavy atom. The lowest BCUT2D eigenvalue weighted by Crippen LogP contribution is -2.17. The third kappa shape index (κ3) is 2.14. The molecule has 1 aliphatic heterocycles. The number of hydrogen-bond acceptors (Lipinski definition) is 1. The van der Waals surface area contributed by atoms with Gasteiger partial charge in [-0.25, -0.2) is 4.39 Å². The van der Waals surface area contributed by atoms with Crippen LogP contribution in [0.5, 0.6) is 0 Å². The maximum atomic E-state index is 13.7. The fourth-order valence-electron chi connectivity index (χ4n) is 2.09. The van der Waals surface area contributed by atoms with Crippen molar-refractivity contribution in [1.82, 2.24) is 0 Å². The summed E-state index contributed by atoms with van der Waals surface area (Å²) in [6.07, 6.45) is 1.27. The van der Waals surface area contributed by atoms with E-state index in [1.54, 1.807) is 12.1 Å². The number of benzene rings is 2. The van der Waals surface area contributed by atoms with Crippen LogP contribution in [-0.2, 0) is 4.74 Å². The van der Waals surface area contributed by atoms with Gasteiger partial charge in [0.1, 0.15) is 5.82 Å². The van der Waals surface area contributed by atoms with Gasteiger partial charge in [0.2, 0.25) is 0 Å². The smallest absolute Gasteiger partial charge is 0.131 e. The summed E-state index contributed by atoms with van der Waals surface area (Å²) in [5, 5.41) is 0.540. The zero-order valence-electron chi connectivity index (χ0n) is 9.70. The van der Waals surface area contributed by atoms with E-state index in [0.29, 0.717) is 10.6 Å². The van der Waals surface area contributed by atoms with Crippen molar-refractivity contribution in [1.29, 1.82) is 0 Å². The maximum Gasteiger partial charge on any atom is 0.131 e. The molecular formula is C15H12ClFO. The molecule has 18 heavy (non-hydrogen) atoms. The van der Waals surface area contributed by atoms with E-state index in [2.05, 4.69) is 0 Å². The van der Waals surface area contributed by atoms with Gasteiger partial charge in [-0.3, -0.25) is 0 Å². The lowest BCUT2D eigenvalue weighted by atomic mass is 9.99. The summed E-state index contributed by atoms with van der Waals surface area (Å²) in [5.74, 6) is -0.257. The Morgan fingerprint density at radius 2 is 1.83 bits per heavy atom. The van der Waals surface area contributed by atoms with Gasteiger partial charge < -0.3 is 4.74 Å². The van der Waals surface area contributed by atoms with Crippen LogP contribution in [0.4, 0.5) is 4.39 Å². The predicted octanol–water partition coefficient (Wildman–Crippen LogP) is 4.61. The molecule has 0 bridgehead atoms. The van der Waals surface area contributed by atoms with Gasteiger partial charge in [-0.05, 0) is 29.3 Å². The van der Waals surface area contributed by atoms with Crippen LogP contribution in [0.15, 0.2) is 42.5 Å². The largest absolute Gasteiger partial charge is 0.373 e. The van der Waals surface area contributed by atoms with Crippen molar-refractivity contribution in [2.24, 2.45) is 0 Å². The number of hydrogen-bond donors (Lipinski definition) is 0. The molecule has 0 amide bonds. The molecule has 1 fully saturated rings. The molecule has 3 heteroatoms. The van der Waals surface area contributed by atoms with Crippen molar-refractivity contribution < 1.29 is 9.13 Å². The zero-order valence-corrected chi connectivity index (χ0v) is 10.5. The first-order chi connectivity index (χ1) is 8.74. The average molecular weight is 263 g/mol. The van der Waals surface area contributed by atoms with Crippen molar-refractivity contribution in [3.8, 4) is 11.1 Å². The Labute approximate surface area is 110 Å². The van der Waals surface area contributed by atoms with E-state index in [0.717, 1.165) is 24.2 Å². The SMILES string of the molecule is Fc1ccc(Cl)cc1-c1ccc(C2CCO2)cc1. The molecule has 0 N–H and O–H groups in total. The normalized spacial score (nSPS) is 18.4. The molecular weight excluding hydrogens is 251 g/mol. The van der Waals surface area contributed by atoms with Gasteiger partial charge in [0.25, 0.3) is 0 Å². The Morgan fingerprint density at radius 3 is 2.44 bits per heavy atom. The Hall–Kier alpha value is -1.38. The van der Waals surface area contributed by atoms with E-state index < -0.39 is 0 Å². The van der Waals surface area contributed by atoms with Crippen LogP contribution in [0.2, 0.25) is 5.02 Å². The highest BCUT2D eigenvalue weighted by atomic mass is 35.5.